The molecular formula is C15H22BrNO. The van der Waals surface area contributed by atoms with E-state index in [1.807, 2.05) is 0 Å². The molecule has 1 aromatic carbocycles. The predicted octanol–water partition coefficient (Wildman–Crippen LogP) is 3.91. The molecule has 1 heterocycles. The molecule has 1 aliphatic heterocycles. The van der Waals surface area contributed by atoms with Crippen LogP contribution in [0.1, 0.15) is 38.3 Å². The molecule has 0 saturated carbocycles. The van der Waals surface area contributed by atoms with Crippen LogP contribution < -0.4 is 5.32 Å². The largest absolute Gasteiger partial charge is 0.381 e. The Bertz CT molecular complexity index is 377. The van der Waals surface area contributed by atoms with Crippen LogP contribution in [-0.2, 0) is 4.74 Å². The van der Waals surface area contributed by atoms with Crippen LogP contribution in [0.3, 0.4) is 0 Å². The van der Waals surface area contributed by atoms with E-state index in [2.05, 4.69) is 59.4 Å². The Morgan fingerprint density at radius 2 is 2.33 bits per heavy atom. The summed E-state index contributed by atoms with van der Waals surface area (Å²) in [6, 6.07) is 9.52. The Hall–Kier alpha value is -0.380. The molecule has 1 aliphatic rings. The average molecular weight is 312 g/mol. The minimum absolute atomic E-state index is 0.429. The van der Waals surface area contributed by atoms with Gasteiger partial charge in [-0.25, -0.2) is 0 Å². The number of hydrogen-bond donors (Lipinski definition) is 1. The lowest BCUT2D eigenvalue weighted by atomic mass is 9.97. The molecule has 100 valence electrons. The lowest BCUT2D eigenvalue weighted by molar-refractivity contribution is 0.176. The maximum Gasteiger partial charge on any atom is 0.0509 e. The van der Waals surface area contributed by atoms with Crippen molar-refractivity contribution in [3.05, 3.63) is 34.3 Å². The van der Waals surface area contributed by atoms with E-state index < -0.39 is 0 Å². The summed E-state index contributed by atoms with van der Waals surface area (Å²) in [4.78, 5) is 0. The lowest BCUT2D eigenvalue weighted by Crippen LogP contribution is -2.36. The van der Waals surface area contributed by atoms with Crippen molar-refractivity contribution in [3.63, 3.8) is 0 Å². The van der Waals surface area contributed by atoms with E-state index in [0.717, 1.165) is 24.1 Å². The normalized spacial score (nSPS) is 22.9. The van der Waals surface area contributed by atoms with Crippen molar-refractivity contribution in [1.82, 2.24) is 5.32 Å². The SMILES string of the molecule is CCC(NC(C)C1CCOC1)c1cccc(Br)c1. The fraction of sp³-hybridized carbons (Fsp3) is 0.600. The Kier molecular flexibility index (Phi) is 5.22. The van der Waals surface area contributed by atoms with E-state index >= 15 is 0 Å². The molecule has 1 N–H and O–H groups in total. The van der Waals surface area contributed by atoms with Gasteiger partial charge < -0.3 is 10.1 Å². The number of halogens is 1. The third kappa shape index (κ3) is 3.56. The minimum Gasteiger partial charge on any atom is -0.381 e. The zero-order chi connectivity index (χ0) is 13.0. The highest BCUT2D eigenvalue weighted by Gasteiger charge is 2.24. The molecule has 0 amide bonds. The third-order valence-corrected chi connectivity index (χ3v) is 4.29. The Balaban J connectivity index is 2.00. The second kappa shape index (κ2) is 6.69. The number of rotatable bonds is 5. The molecule has 1 aromatic rings. The first-order valence-corrected chi connectivity index (χ1v) is 7.59. The van der Waals surface area contributed by atoms with Gasteiger partial charge in [0.05, 0.1) is 6.61 Å². The third-order valence-electron chi connectivity index (χ3n) is 3.80. The fourth-order valence-electron chi connectivity index (χ4n) is 2.57. The van der Waals surface area contributed by atoms with Crippen LogP contribution in [0.15, 0.2) is 28.7 Å². The van der Waals surface area contributed by atoms with E-state index in [1.165, 1.54) is 12.0 Å². The quantitative estimate of drug-likeness (QED) is 0.890. The highest BCUT2D eigenvalue weighted by Crippen LogP contribution is 2.24. The first-order chi connectivity index (χ1) is 8.70. The average Bonchev–Trinajstić information content (AvgIpc) is 2.89. The van der Waals surface area contributed by atoms with E-state index in [9.17, 15) is 0 Å². The van der Waals surface area contributed by atoms with Crippen LogP contribution >= 0.6 is 15.9 Å². The number of nitrogens with one attached hydrogen (secondary N) is 1. The van der Waals surface area contributed by atoms with Crippen LogP contribution in [0.4, 0.5) is 0 Å². The van der Waals surface area contributed by atoms with E-state index in [-0.39, 0.29) is 0 Å². The Labute approximate surface area is 118 Å². The van der Waals surface area contributed by atoms with Crippen LogP contribution in [0, 0.1) is 5.92 Å². The highest BCUT2D eigenvalue weighted by molar-refractivity contribution is 9.10. The monoisotopic (exact) mass is 311 g/mol. The summed E-state index contributed by atoms with van der Waals surface area (Å²) in [5.74, 6) is 0.659. The molecule has 2 nitrogen and oxygen atoms in total. The van der Waals surface area contributed by atoms with Gasteiger partial charge in [0.15, 0.2) is 0 Å². The Morgan fingerprint density at radius 3 is 2.94 bits per heavy atom. The molecule has 18 heavy (non-hydrogen) atoms. The van der Waals surface area contributed by atoms with Gasteiger partial charge in [-0.3, -0.25) is 0 Å². The van der Waals surface area contributed by atoms with Gasteiger partial charge in [0.25, 0.3) is 0 Å². The number of ether oxygens (including phenoxy) is 1. The zero-order valence-corrected chi connectivity index (χ0v) is 12.7. The van der Waals surface area contributed by atoms with Crippen molar-refractivity contribution in [3.8, 4) is 0 Å². The maximum absolute atomic E-state index is 5.47. The summed E-state index contributed by atoms with van der Waals surface area (Å²) < 4.78 is 6.62. The molecule has 0 aliphatic carbocycles. The van der Waals surface area contributed by atoms with Gasteiger partial charge in [-0.05, 0) is 43.4 Å². The molecule has 1 saturated heterocycles. The second-order valence-electron chi connectivity index (χ2n) is 5.09. The molecule has 0 bridgehead atoms. The van der Waals surface area contributed by atoms with Crippen molar-refractivity contribution < 1.29 is 4.74 Å². The molecule has 3 atom stereocenters. The van der Waals surface area contributed by atoms with E-state index in [0.29, 0.717) is 18.0 Å². The predicted molar refractivity (Wildman–Crippen MR) is 78.7 cm³/mol. The molecule has 3 unspecified atom stereocenters. The first-order valence-electron chi connectivity index (χ1n) is 6.80. The lowest BCUT2D eigenvalue weighted by Gasteiger charge is -2.26. The summed E-state index contributed by atoms with van der Waals surface area (Å²) in [6.07, 6.45) is 2.29. The summed E-state index contributed by atoms with van der Waals surface area (Å²) in [7, 11) is 0. The minimum atomic E-state index is 0.429. The molecule has 0 spiro atoms. The highest BCUT2D eigenvalue weighted by atomic mass is 79.9. The zero-order valence-electron chi connectivity index (χ0n) is 11.2. The molecule has 3 heteroatoms. The summed E-state index contributed by atoms with van der Waals surface area (Å²) in [5.41, 5.74) is 1.36. The summed E-state index contributed by atoms with van der Waals surface area (Å²) in [6.45, 7) is 6.34. The molecule has 2 rings (SSSR count). The smallest absolute Gasteiger partial charge is 0.0509 e. The van der Waals surface area contributed by atoms with Gasteiger partial charge in [0, 0.05) is 23.2 Å². The van der Waals surface area contributed by atoms with Crippen LogP contribution in [-0.4, -0.2) is 19.3 Å². The van der Waals surface area contributed by atoms with E-state index in [4.69, 9.17) is 4.74 Å². The molecule has 1 fully saturated rings. The standard InChI is InChI=1S/C15H22BrNO/c1-3-15(12-5-4-6-14(16)9-12)17-11(2)13-7-8-18-10-13/h4-6,9,11,13,15,17H,3,7-8,10H2,1-2H3. The van der Waals surface area contributed by atoms with Gasteiger partial charge in [-0.1, -0.05) is 35.0 Å². The summed E-state index contributed by atoms with van der Waals surface area (Å²) in [5, 5.41) is 3.75. The van der Waals surface area contributed by atoms with Gasteiger partial charge in [0.2, 0.25) is 0 Å². The molecule has 0 aromatic heterocycles. The number of hydrogen-bond acceptors (Lipinski definition) is 2. The maximum atomic E-state index is 5.47. The van der Waals surface area contributed by atoms with E-state index in [1.54, 1.807) is 0 Å². The second-order valence-corrected chi connectivity index (χ2v) is 6.01. The van der Waals surface area contributed by atoms with Crippen molar-refractivity contribution in [2.75, 3.05) is 13.2 Å². The number of benzene rings is 1. The molecular weight excluding hydrogens is 290 g/mol. The summed E-state index contributed by atoms with van der Waals surface area (Å²) >= 11 is 3.54. The van der Waals surface area contributed by atoms with Crippen molar-refractivity contribution in [2.45, 2.75) is 38.8 Å². The topological polar surface area (TPSA) is 21.3 Å². The van der Waals surface area contributed by atoms with Gasteiger partial charge >= 0.3 is 0 Å². The van der Waals surface area contributed by atoms with Crippen LogP contribution in [0.25, 0.3) is 0 Å². The van der Waals surface area contributed by atoms with Gasteiger partial charge in [-0.2, -0.15) is 0 Å². The Morgan fingerprint density at radius 1 is 1.50 bits per heavy atom. The first kappa shape index (κ1) is 14.0. The van der Waals surface area contributed by atoms with Gasteiger partial charge in [0.1, 0.15) is 0 Å². The van der Waals surface area contributed by atoms with Crippen LogP contribution in [0.5, 0.6) is 0 Å². The van der Waals surface area contributed by atoms with Crippen molar-refractivity contribution in [1.29, 1.82) is 0 Å². The van der Waals surface area contributed by atoms with Crippen molar-refractivity contribution in [2.24, 2.45) is 5.92 Å². The van der Waals surface area contributed by atoms with Gasteiger partial charge in [-0.15, -0.1) is 0 Å². The van der Waals surface area contributed by atoms with Crippen molar-refractivity contribution >= 4 is 15.9 Å². The molecule has 0 radical (unpaired) electrons. The van der Waals surface area contributed by atoms with Crippen LogP contribution in [0.2, 0.25) is 0 Å². The fourth-order valence-corrected chi connectivity index (χ4v) is 2.99.